The number of Topliss-reactive ketones (excluding diaryl/α,β-unsaturated/α-hetero) is 1. The summed E-state index contributed by atoms with van der Waals surface area (Å²) >= 11 is 1.44. The zero-order valence-electron chi connectivity index (χ0n) is 21.2. The van der Waals surface area contributed by atoms with Crippen molar-refractivity contribution in [2.75, 3.05) is 12.4 Å². The molecule has 0 unspecified atom stereocenters. The van der Waals surface area contributed by atoms with Gasteiger partial charge in [0.2, 0.25) is 11.7 Å². The van der Waals surface area contributed by atoms with Crippen LogP contribution >= 0.6 is 11.8 Å². The summed E-state index contributed by atoms with van der Waals surface area (Å²) in [6.07, 6.45) is 0.750. The molecule has 0 N–H and O–H groups in total. The third-order valence-electron chi connectivity index (χ3n) is 7.09. The number of halogens is 3. The monoisotopic (exact) mass is 558 g/mol. The number of benzene rings is 2. The van der Waals surface area contributed by atoms with Crippen LogP contribution in [0.15, 0.2) is 54.6 Å². The van der Waals surface area contributed by atoms with Crippen LogP contribution in [0.2, 0.25) is 0 Å². The molecule has 0 spiro atoms. The number of hydrogen-bond acceptors (Lipinski definition) is 6. The van der Waals surface area contributed by atoms with E-state index in [9.17, 15) is 27.6 Å². The van der Waals surface area contributed by atoms with Gasteiger partial charge in [0, 0.05) is 34.8 Å². The summed E-state index contributed by atoms with van der Waals surface area (Å²) in [5.41, 5.74) is 3.07. The molecule has 3 aromatic rings. The van der Waals surface area contributed by atoms with E-state index < -0.39 is 35.9 Å². The van der Waals surface area contributed by atoms with Crippen LogP contribution < -0.4 is 4.74 Å². The van der Waals surface area contributed by atoms with Crippen molar-refractivity contribution in [2.24, 2.45) is 0 Å². The second-order valence-corrected chi connectivity index (χ2v) is 10.7. The van der Waals surface area contributed by atoms with E-state index in [0.717, 1.165) is 11.3 Å². The smallest absolute Gasteiger partial charge is 0.387 e. The van der Waals surface area contributed by atoms with E-state index in [1.807, 2.05) is 0 Å². The number of aromatic nitrogens is 1. The van der Waals surface area contributed by atoms with Crippen LogP contribution in [0.4, 0.5) is 13.2 Å². The molecule has 1 aromatic heterocycles. The molecule has 2 atom stereocenters. The second-order valence-electron chi connectivity index (χ2n) is 9.41. The molecule has 0 radical (unpaired) electrons. The number of ether oxygens (including phenoxy) is 2. The highest BCUT2D eigenvalue weighted by Gasteiger charge is 2.57. The Balaban J connectivity index is 1.28. The van der Waals surface area contributed by atoms with Crippen LogP contribution in [0.1, 0.15) is 40.2 Å². The van der Waals surface area contributed by atoms with Crippen molar-refractivity contribution in [1.82, 2.24) is 9.47 Å². The van der Waals surface area contributed by atoms with Crippen molar-refractivity contribution < 1.29 is 37.0 Å². The van der Waals surface area contributed by atoms with Crippen LogP contribution in [0.3, 0.4) is 0 Å². The Labute approximate surface area is 226 Å². The van der Waals surface area contributed by atoms with Gasteiger partial charge in [-0.2, -0.15) is 8.78 Å². The number of thioether (sulfide) groups is 1. The molecule has 7 nitrogen and oxygen atoms in total. The summed E-state index contributed by atoms with van der Waals surface area (Å²) < 4.78 is 50.0. The average Bonchev–Trinajstić information content (AvgIpc) is 3.55. The number of nitrogens with zero attached hydrogens (tertiary/aromatic N) is 2. The first-order chi connectivity index (χ1) is 18.6. The third-order valence-corrected chi connectivity index (χ3v) is 8.69. The molecule has 2 aliphatic rings. The fourth-order valence-electron chi connectivity index (χ4n) is 5.36. The maximum absolute atomic E-state index is 13.5. The molecule has 5 rings (SSSR count). The molecule has 11 heteroatoms. The van der Waals surface area contributed by atoms with Gasteiger partial charge < -0.3 is 18.9 Å². The Bertz CT molecular complexity index is 1420. The van der Waals surface area contributed by atoms with Crippen molar-refractivity contribution in [3.05, 3.63) is 82.9 Å². The molecule has 2 aliphatic heterocycles. The summed E-state index contributed by atoms with van der Waals surface area (Å²) in [6.45, 7) is 0.0999. The fourth-order valence-corrected chi connectivity index (χ4v) is 6.99. The number of aryl methyl sites for hydroxylation is 1. The second kappa shape index (κ2) is 10.4. The highest BCUT2D eigenvalue weighted by atomic mass is 32.2. The molecular weight excluding hydrogens is 533 g/mol. The SMILES string of the molecule is Cc1cc(C(=O)COC(=O)[C@H]2CS[C@@]3(c4ccc(F)cc4)CCC(=O)N23)c(C)n1-c1ccc(OC(F)F)cc1. The van der Waals surface area contributed by atoms with Crippen molar-refractivity contribution >= 4 is 29.4 Å². The molecule has 0 saturated carbocycles. The van der Waals surface area contributed by atoms with E-state index in [1.54, 1.807) is 48.7 Å². The minimum absolute atomic E-state index is 0.0180. The zero-order valence-corrected chi connectivity index (χ0v) is 22.0. The van der Waals surface area contributed by atoms with Crippen LogP contribution in [0.5, 0.6) is 5.75 Å². The number of carbonyl (C=O) groups excluding carboxylic acids is 3. The number of esters is 1. The van der Waals surface area contributed by atoms with Gasteiger partial charge in [-0.05, 0) is 68.3 Å². The molecule has 2 fully saturated rings. The number of amides is 1. The van der Waals surface area contributed by atoms with Crippen LogP contribution in [-0.4, -0.2) is 52.1 Å². The van der Waals surface area contributed by atoms with Crippen molar-refractivity contribution in [3.63, 3.8) is 0 Å². The normalized spacial score (nSPS) is 20.4. The van der Waals surface area contributed by atoms with E-state index in [-0.39, 0.29) is 23.9 Å². The lowest BCUT2D eigenvalue weighted by Crippen LogP contribution is -2.47. The molecule has 0 aliphatic carbocycles. The predicted octanol–water partition coefficient (Wildman–Crippen LogP) is 5.15. The number of fused-ring (bicyclic) bond motifs is 1. The largest absolute Gasteiger partial charge is 0.456 e. The minimum atomic E-state index is -2.93. The van der Waals surface area contributed by atoms with Gasteiger partial charge in [-0.25, -0.2) is 9.18 Å². The molecule has 204 valence electrons. The Morgan fingerprint density at radius 3 is 2.46 bits per heavy atom. The zero-order chi connectivity index (χ0) is 27.9. The standard InChI is InChI=1S/C28H25F3N2O5S/c1-16-13-22(17(2)32(16)20-7-9-21(10-8-20)38-27(30)31)24(34)14-37-26(36)23-15-39-28(12-11-25(35)33(23)28)18-3-5-19(29)6-4-18/h3-10,13,23,27H,11-12,14-15H2,1-2H3/t23-,28-/m1/s1. The average molecular weight is 559 g/mol. The van der Waals surface area contributed by atoms with Crippen molar-refractivity contribution in [3.8, 4) is 11.4 Å². The van der Waals surface area contributed by atoms with E-state index in [4.69, 9.17) is 4.74 Å². The molecule has 39 heavy (non-hydrogen) atoms. The fraction of sp³-hybridized carbons (Fsp3) is 0.321. The number of alkyl halides is 2. The Kier molecular flexibility index (Phi) is 7.19. The minimum Gasteiger partial charge on any atom is -0.456 e. The molecular formula is C28H25F3N2O5S. The van der Waals surface area contributed by atoms with Gasteiger partial charge in [0.05, 0.1) is 0 Å². The van der Waals surface area contributed by atoms with Gasteiger partial charge in [0.15, 0.2) is 6.61 Å². The maximum Gasteiger partial charge on any atom is 0.387 e. The third kappa shape index (κ3) is 4.91. The summed E-state index contributed by atoms with van der Waals surface area (Å²) in [5.74, 6) is -1.34. The van der Waals surface area contributed by atoms with E-state index in [1.165, 1.54) is 40.9 Å². The lowest BCUT2D eigenvalue weighted by atomic mass is 10.0. The van der Waals surface area contributed by atoms with Crippen LogP contribution in [-0.2, 0) is 19.2 Å². The molecule has 2 aromatic carbocycles. The highest BCUT2D eigenvalue weighted by molar-refractivity contribution is 8.00. The summed E-state index contributed by atoms with van der Waals surface area (Å²) in [4.78, 5) is 39.7. The van der Waals surface area contributed by atoms with E-state index >= 15 is 0 Å². The van der Waals surface area contributed by atoms with E-state index in [0.29, 0.717) is 29.1 Å². The summed E-state index contributed by atoms with van der Waals surface area (Å²) in [5, 5.41) is 0. The lowest BCUT2D eigenvalue weighted by molar-refractivity contribution is -0.152. The molecule has 0 bridgehead atoms. The predicted molar refractivity (Wildman–Crippen MR) is 138 cm³/mol. The van der Waals surface area contributed by atoms with Gasteiger partial charge in [0.25, 0.3) is 0 Å². The first-order valence-corrected chi connectivity index (χ1v) is 13.3. The molecule has 1 amide bonds. The Morgan fingerprint density at radius 2 is 1.79 bits per heavy atom. The van der Waals surface area contributed by atoms with E-state index in [2.05, 4.69) is 4.74 Å². The van der Waals surface area contributed by atoms with Gasteiger partial charge in [0.1, 0.15) is 22.5 Å². The van der Waals surface area contributed by atoms with Gasteiger partial charge in [-0.3, -0.25) is 9.59 Å². The van der Waals surface area contributed by atoms with Crippen LogP contribution in [0.25, 0.3) is 5.69 Å². The summed E-state index contributed by atoms with van der Waals surface area (Å²) in [7, 11) is 0. The van der Waals surface area contributed by atoms with Gasteiger partial charge >= 0.3 is 12.6 Å². The quantitative estimate of drug-likeness (QED) is 0.281. The molecule has 2 saturated heterocycles. The number of carbonyl (C=O) groups is 3. The van der Waals surface area contributed by atoms with Crippen molar-refractivity contribution in [1.29, 1.82) is 0 Å². The van der Waals surface area contributed by atoms with Crippen molar-refractivity contribution in [2.45, 2.75) is 44.2 Å². The lowest BCUT2D eigenvalue weighted by Gasteiger charge is -2.33. The number of hydrogen-bond donors (Lipinski definition) is 0. The first-order valence-electron chi connectivity index (χ1n) is 12.3. The topological polar surface area (TPSA) is 77.8 Å². The number of rotatable bonds is 8. The highest BCUT2D eigenvalue weighted by Crippen LogP contribution is 2.54. The first kappa shape index (κ1) is 26.9. The van der Waals surface area contributed by atoms with Gasteiger partial charge in [-0.15, -0.1) is 11.8 Å². The Morgan fingerprint density at radius 1 is 1.10 bits per heavy atom. The van der Waals surface area contributed by atoms with Crippen LogP contribution in [0, 0.1) is 19.7 Å². The van der Waals surface area contributed by atoms with Gasteiger partial charge in [-0.1, -0.05) is 12.1 Å². The number of ketones is 1. The summed E-state index contributed by atoms with van der Waals surface area (Å²) in [6, 6.07) is 12.8. The Hall–Kier alpha value is -3.73. The molecule has 3 heterocycles. The maximum atomic E-state index is 13.5.